The van der Waals surface area contributed by atoms with Crippen molar-refractivity contribution >= 4 is 33.4 Å². The molecule has 0 radical (unpaired) electrons. The molecule has 0 aliphatic carbocycles. The molecule has 2 nitrogen and oxygen atoms in total. The molecule has 3 rings (SSSR count). The van der Waals surface area contributed by atoms with Crippen LogP contribution in [0.1, 0.15) is 38.0 Å². The molecule has 0 fully saturated rings. The lowest BCUT2D eigenvalue weighted by atomic mass is 9.94. The highest BCUT2D eigenvalue weighted by atomic mass is 79.9. The molecule has 21 heavy (non-hydrogen) atoms. The standard InChI is InChI=1S/C17H15BrClNO/c1-10-8-12(4-5-15(10)18)16(19)13-3-2-11-6-7-20-17(21)14(11)9-13/h2-5,8-9,16H,6-7H2,1H3,(H,20,21). The van der Waals surface area contributed by atoms with Crippen molar-refractivity contribution in [2.75, 3.05) is 6.54 Å². The first-order chi connectivity index (χ1) is 10.1. The molecule has 0 saturated carbocycles. The van der Waals surface area contributed by atoms with Gasteiger partial charge in [-0.15, -0.1) is 11.6 Å². The Balaban J connectivity index is 1.98. The second-order valence-corrected chi connectivity index (χ2v) is 6.58. The first-order valence-corrected chi connectivity index (χ1v) is 8.10. The van der Waals surface area contributed by atoms with Gasteiger partial charge < -0.3 is 5.32 Å². The molecule has 2 aromatic carbocycles. The maximum absolute atomic E-state index is 11.9. The van der Waals surface area contributed by atoms with E-state index in [1.165, 1.54) is 0 Å². The van der Waals surface area contributed by atoms with E-state index in [2.05, 4.69) is 27.3 Å². The second kappa shape index (κ2) is 5.82. The van der Waals surface area contributed by atoms with Crippen LogP contribution in [-0.4, -0.2) is 12.5 Å². The normalized spacial score (nSPS) is 15.3. The van der Waals surface area contributed by atoms with Crippen LogP contribution in [0.3, 0.4) is 0 Å². The second-order valence-electron chi connectivity index (χ2n) is 5.29. The molecule has 1 aliphatic heterocycles. The summed E-state index contributed by atoms with van der Waals surface area (Å²) in [6.45, 7) is 2.75. The Morgan fingerprint density at radius 2 is 1.90 bits per heavy atom. The van der Waals surface area contributed by atoms with Gasteiger partial charge in [-0.1, -0.05) is 40.2 Å². The zero-order chi connectivity index (χ0) is 15.0. The molecule has 0 spiro atoms. The number of fused-ring (bicyclic) bond motifs is 1. The van der Waals surface area contributed by atoms with Gasteiger partial charge in [0.05, 0.1) is 5.38 Å². The number of carbonyl (C=O) groups is 1. The Labute approximate surface area is 137 Å². The lowest BCUT2D eigenvalue weighted by Gasteiger charge is -2.19. The molecule has 4 heteroatoms. The molecule has 0 aromatic heterocycles. The van der Waals surface area contributed by atoms with Gasteiger partial charge in [0.15, 0.2) is 0 Å². The summed E-state index contributed by atoms with van der Waals surface area (Å²) in [6.07, 6.45) is 0.881. The third-order valence-corrected chi connectivity index (χ3v) is 5.22. The van der Waals surface area contributed by atoms with Gasteiger partial charge in [-0.05, 0) is 47.7 Å². The van der Waals surface area contributed by atoms with Crippen molar-refractivity contribution in [3.63, 3.8) is 0 Å². The molecule has 0 bridgehead atoms. The molecule has 0 saturated heterocycles. The highest BCUT2D eigenvalue weighted by molar-refractivity contribution is 9.10. The third-order valence-electron chi connectivity index (χ3n) is 3.83. The van der Waals surface area contributed by atoms with Crippen LogP contribution >= 0.6 is 27.5 Å². The molecule has 1 heterocycles. The summed E-state index contributed by atoms with van der Waals surface area (Å²) in [5.74, 6) is -0.00560. The van der Waals surface area contributed by atoms with Crippen molar-refractivity contribution in [2.24, 2.45) is 0 Å². The molecule has 108 valence electrons. The summed E-state index contributed by atoms with van der Waals surface area (Å²) < 4.78 is 1.07. The minimum Gasteiger partial charge on any atom is -0.352 e. The van der Waals surface area contributed by atoms with Crippen LogP contribution in [0.15, 0.2) is 40.9 Å². The van der Waals surface area contributed by atoms with Crippen molar-refractivity contribution in [1.29, 1.82) is 0 Å². The summed E-state index contributed by atoms with van der Waals surface area (Å²) in [5, 5.41) is 2.62. The monoisotopic (exact) mass is 363 g/mol. The van der Waals surface area contributed by atoms with Crippen molar-refractivity contribution in [3.8, 4) is 0 Å². The van der Waals surface area contributed by atoms with E-state index in [0.717, 1.165) is 38.7 Å². The van der Waals surface area contributed by atoms with Crippen molar-refractivity contribution < 1.29 is 4.79 Å². The highest BCUT2D eigenvalue weighted by Crippen LogP contribution is 2.32. The number of aryl methyl sites for hydroxylation is 1. The molecule has 1 N–H and O–H groups in total. The Bertz CT molecular complexity index is 714. The van der Waals surface area contributed by atoms with Crippen LogP contribution in [0.25, 0.3) is 0 Å². The van der Waals surface area contributed by atoms with E-state index in [1.54, 1.807) is 0 Å². The summed E-state index contributed by atoms with van der Waals surface area (Å²) in [4.78, 5) is 11.9. The van der Waals surface area contributed by atoms with Crippen molar-refractivity contribution in [1.82, 2.24) is 5.32 Å². The summed E-state index contributed by atoms with van der Waals surface area (Å²) in [6, 6.07) is 12.0. The maximum atomic E-state index is 11.9. The zero-order valence-corrected chi connectivity index (χ0v) is 14.0. The lowest BCUT2D eigenvalue weighted by Crippen LogP contribution is -2.31. The predicted molar refractivity (Wildman–Crippen MR) is 89.1 cm³/mol. The van der Waals surface area contributed by atoms with E-state index in [-0.39, 0.29) is 11.3 Å². The number of halogens is 2. The zero-order valence-electron chi connectivity index (χ0n) is 11.6. The Kier molecular flexibility index (Phi) is 4.05. The molecular formula is C17H15BrClNO. The fourth-order valence-corrected chi connectivity index (χ4v) is 3.12. The van der Waals surface area contributed by atoms with Gasteiger partial charge in [-0.25, -0.2) is 0 Å². The number of hydrogen-bond acceptors (Lipinski definition) is 1. The number of rotatable bonds is 2. The maximum Gasteiger partial charge on any atom is 0.251 e. The number of benzene rings is 2. The summed E-state index contributed by atoms with van der Waals surface area (Å²) in [7, 11) is 0. The van der Waals surface area contributed by atoms with Gasteiger partial charge in [0, 0.05) is 16.6 Å². The minimum atomic E-state index is -0.253. The van der Waals surface area contributed by atoms with Crippen LogP contribution in [0, 0.1) is 6.92 Å². The summed E-state index contributed by atoms with van der Waals surface area (Å²) in [5.41, 5.74) is 4.98. The van der Waals surface area contributed by atoms with Gasteiger partial charge >= 0.3 is 0 Å². The molecule has 2 aromatic rings. The van der Waals surface area contributed by atoms with Gasteiger partial charge in [-0.3, -0.25) is 4.79 Å². The third kappa shape index (κ3) is 2.85. The SMILES string of the molecule is Cc1cc(C(Cl)c2ccc3c(c2)C(=O)NCC3)ccc1Br. The highest BCUT2D eigenvalue weighted by Gasteiger charge is 2.19. The Hall–Kier alpha value is -1.32. The van der Waals surface area contributed by atoms with E-state index >= 15 is 0 Å². The van der Waals surface area contributed by atoms with Gasteiger partial charge in [0.25, 0.3) is 5.91 Å². The van der Waals surface area contributed by atoms with Gasteiger partial charge in [-0.2, -0.15) is 0 Å². The Morgan fingerprint density at radius 1 is 1.19 bits per heavy atom. The average molecular weight is 365 g/mol. The fraction of sp³-hybridized carbons (Fsp3) is 0.235. The fourth-order valence-electron chi connectivity index (χ4n) is 2.61. The van der Waals surface area contributed by atoms with E-state index in [4.69, 9.17) is 11.6 Å². The number of hydrogen-bond donors (Lipinski definition) is 1. The predicted octanol–water partition coefficient (Wildman–Crippen LogP) is 4.37. The van der Waals surface area contributed by atoms with Crippen LogP contribution < -0.4 is 5.32 Å². The van der Waals surface area contributed by atoms with Crippen molar-refractivity contribution in [3.05, 3.63) is 68.7 Å². The molecule has 1 unspecified atom stereocenters. The molecule has 1 atom stereocenters. The number of amides is 1. The lowest BCUT2D eigenvalue weighted by molar-refractivity contribution is 0.0946. The van der Waals surface area contributed by atoms with Gasteiger partial charge in [0.2, 0.25) is 0 Å². The first kappa shape index (κ1) is 14.6. The molecule has 1 aliphatic rings. The van der Waals surface area contributed by atoms with Crippen molar-refractivity contribution in [2.45, 2.75) is 18.7 Å². The van der Waals surface area contributed by atoms with E-state index in [9.17, 15) is 4.79 Å². The topological polar surface area (TPSA) is 29.1 Å². The first-order valence-electron chi connectivity index (χ1n) is 6.87. The van der Waals surface area contributed by atoms with Crippen LogP contribution in [0.5, 0.6) is 0 Å². The smallest absolute Gasteiger partial charge is 0.251 e. The Morgan fingerprint density at radius 3 is 2.67 bits per heavy atom. The van der Waals surface area contributed by atoms with Crippen LogP contribution in [0.4, 0.5) is 0 Å². The van der Waals surface area contributed by atoms with E-state index < -0.39 is 0 Å². The van der Waals surface area contributed by atoms with E-state index in [0.29, 0.717) is 6.54 Å². The number of carbonyl (C=O) groups excluding carboxylic acids is 1. The molecular weight excluding hydrogens is 350 g/mol. The van der Waals surface area contributed by atoms with E-state index in [1.807, 2.05) is 37.3 Å². The van der Waals surface area contributed by atoms with Gasteiger partial charge in [0.1, 0.15) is 0 Å². The largest absolute Gasteiger partial charge is 0.352 e. The quantitative estimate of drug-likeness (QED) is 0.788. The minimum absolute atomic E-state index is 0.00560. The van der Waals surface area contributed by atoms with Crippen LogP contribution in [-0.2, 0) is 6.42 Å². The number of alkyl halides is 1. The van der Waals surface area contributed by atoms with Crippen LogP contribution in [0.2, 0.25) is 0 Å². The molecule has 1 amide bonds. The number of nitrogens with one attached hydrogen (secondary N) is 1. The summed E-state index contributed by atoms with van der Waals surface area (Å²) >= 11 is 10.1. The average Bonchev–Trinajstić information content (AvgIpc) is 2.49.